The molecule has 1 aromatic carbocycles. The molecule has 2 N–H and O–H groups in total. The molecule has 21 heavy (non-hydrogen) atoms. The molecule has 0 aromatic heterocycles. The van der Waals surface area contributed by atoms with E-state index in [1.54, 1.807) is 24.3 Å². The van der Waals surface area contributed by atoms with Crippen LogP contribution in [0.3, 0.4) is 0 Å². The lowest BCUT2D eigenvalue weighted by molar-refractivity contribution is -0.135. The molecule has 0 aliphatic rings. The number of benzene rings is 1. The van der Waals surface area contributed by atoms with Gasteiger partial charge in [0.1, 0.15) is 6.61 Å². The van der Waals surface area contributed by atoms with Crippen LogP contribution in [0.2, 0.25) is 0 Å². The van der Waals surface area contributed by atoms with E-state index in [0.29, 0.717) is 11.1 Å². The molecule has 0 aliphatic carbocycles. The van der Waals surface area contributed by atoms with Crippen molar-refractivity contribution in [2.45, 2.75) is 25.4 Å². The number of aliphatic hydroxyl groups excluding tert-OH is 1. The van der Waals surface area contributed by atoms with Crippen molar-refractivity contribution in [2.24, 2.45) is 0 Å². The fraction of sp³-hybridized carbons (Fsp3) is 0.400. The molecule has 0 atom stereocenters. The van der Waals surface area contributed by atoms with E-state index >= 15 is 0 Å². The summed E-state index contributed by atoms with van der Waals surface area (Å²) in [7, 11) is 0. The smallest absolute Gasteiger partial charge is 0.384 e. The summed E-state index contributed by atoms with van der Waals surface area (Å²) < 4.78 is 35.8. The number of amides is 1. The number of halogens is 3. The third-order valence-electron chi connectivity index (χ3n) is 2.63. The van der Waals surface area contributed by atoms with Crippen molar-refractivity contribution in [1.82, 2.24) is 5.32 Å². The molecule has 3 nitrogen and oxygen atoms in total. The van der Waals surface area contributed by atoms with Gasteiger partial charge >= 0.3 is 6.18 Å². The van der Waals surface area contributed by atoms with E-state index in [4.69, 9.17) is 5.11 Å². The monoisotopic (exact) mass is 299 g/mol. The first-order valence-corrected chi connectivity index (χ1v) is 6.47. The number of carbonyl (C=O) groups excluding carboxylic acids is 1. The Labute approximate surface area is 121 Å². The molecule has 0 aliphatic heterocycles. The second-order valence-electron chi connectivity index (χ2n) is 4.37. The van der Waals surface area contributed by atoms with Crippen molar-refractivity contribution in [3.05, 3.63) is 35.4 Å². The van der Waals surface area contributed by atoms with Gasteiger partial charge in [0.05, 0.1) is 0 Å². The maximum atomic E-state index is 11.9. The van der Waals surface area contributed by atoms with Crippen LogP contribution in [-0.2, 0) is 0 Å². The number of hydrogen-bond donors (Lipinski definition) is 2. The summed E-state index contributed by atoms with van der Waals surface area (Å²) in [6.45, 7) is -0.0266. The highest BCUT2D eigenvalue weighted by atomic mass is 19.4. The van der Waals surface area contributed by atoms with Crippen LogP contribution in [0.4, 0.5) is 13.2 Å². The Hall–Kier alpha value is -2.00. The highest BCUT2D eigenvalue weighted by molar-refractivity contribution is 5.94. The Kier molecular flexibility index (Phi) is 6.76. The van der Waals surface area contributed by atoms with Crippen LogP contribution >= 0.6 is 0 Å². The highest BCUT2D eigenvalue weighted by Gasteiger charge is 2.25. The van der Waals surface area contributed by atoms with Gasteiger partial charge in [-0.1, -0.05) is 11.8 Å². The molecule has 114 valence electrons. The molecule has 6 heteroatoms. The molecule has 0 fully saturated rings. The van der Waals surface area contributed by atoms with Crippen LogP contribution in [0.15, 0.2) is 24.3 Å². The zero-order valence-corrected chi connectivity index (χ0v) is 11.3. The topological polar surface area (TPSA) is 49.3 Å². The van der Waals surface area contributed by atoms with Crippen LogP contribution in [0.25, 0.3) is 0 Å². The number of nitrogens with one attached hydrogen (secondary N) is 1. The van der Waals surface area contributed by atoms with Crippen molar-refractivity contribution in [2.75, 3.05) is 13.2 Å². The van der Waals surface area contributed by atoms with E-state index in [1.807, 2.05) is 0 Å². The fourth-order valence-electron chi connectivity index (χ4n) is 1.60. The number of aliphatic hydroxyl groups is 1. The van der Waals surface area contributed by atoms with Crippen LogP contribution in [0.1, 0.15) is 35.2 Å². The summed E-state index contributed by atoms with van der Waals surface area (Å²) in [5.41, 5.74) is 1.09. The molecule has 1 rings (SSSR count). The minimum atomic E-state index is -4.14. The zero-order valence-electron chi connectivity index (χ0n) is 11.3. The lowest BCUT2D eigenvalue weighted by Gasteiger charge is -2.07. The van der Waals surface area contributed by atoms with Crippen molar-refractivity contribution in [3.63, 3.8) is 0 Å². The van der Waals surface area contributed by atoms with Gasteiger partial charge in [0.15, 0.2) is 0 Å². The molecule has 0 saturated heterocycles. The fourth-order valence-corrected chi connectivity index (χ4v) is 1.60. The Morgan fingerprint density at radius 2 is 1.86 bits per heavy atom. The molecule has 1 aromatic rings. The van der Waals surface area contributed by atoms with Gasteiger partial charge in [-0.25, -0.2) is 0 Å². The largest absolute Gasteiger partial charge is 0.389 e. The Bertz CT molecular complexity index is 512. The lowest BCUT2D eigenvalue weighted by atomic mass is 10.1. The molecule has 0 radical (unpaired) electrons. The van der Waals surface area contributed by atoms with Crippen molar-refractivity contribution < 1.29 is 23.1 Å². The highest BCUT2D eigenvalue weighted by Crippen LogP contribution is 2.21. The first kappa shape index (κ1) is 17.1. The van der Waals surface area contributed by atoms with Crippen LogP contribution in [0.5, 0.6) is 0 Å². The summed E-state index contributed by atoms with van der Waals surface area (Å²) in [6.07, 6.45) is -4.69. The SMILES string of the molecule is O=C(NCCCCC(F)(F)F)c1ccc(C#CCO)cc1. The van der Waals surface area contributed by atoms with Gasteiger partial charge < -0.3 is 10.4 Å². The lowest BCUT2D eigenvalue weighted by Crippen LogP contribution is -2.24. The van der Waals surface area contributed by atoms with Gasteiger partial charge in [-0.05, 0) is 37.1 Å². The zero-order chi connectivity index (χ0) is 15.7. The average molecular weight is 299 g/mol. The maximum Gasteiger partial charge on any atom is 0.389 e. The minimum absolute atomic E-state index is 0.000529. The summed E-state index contributed by atoms with van der Waals surface area (Å²) in [6, 6.07) is 6.43. The first-order chi connectivity index (χ1) is 9.92. The third kappa shape index (κ3) is 7.37. The molecule has 1 amide bonds. The van der Waals surface area contributed by atoms with Gasteiger partial charge in [0, 0.05) is 24.1 Å². The van der Waals surface area contributed by atoms with E-state index < -0.39 is 12.6 Å². The number of unbranched alkanes of at least 4 members (excludes halogenated alkanes) is 1. The minimum Gasteiger partial charge on any atom is -0.384 e. The first-order valence-electron chi connectivity index (χ1n) is 6.47. The molecule has 0 bridgehead atoms. The summed E-state index contributed by atoms with van der Waals surface area (Å²) in [4.78, 5) is 11.7. The molecular formula is C15H16F3NO2. The van der Waals surface area contributed by atoms with Crippen LogP contribution in [0, 0.1) is 11.8 Å². The van der Waals surface area contributed by atoms with E-state index in [0.717, 1.165) is 0 Å². The second-order valence-corrected chi connectivity index (χ2v) is 4.37. The summed E-state index contributed by atoms with van der Waals surface area (Å²) >= 11 is 0. The maximum absolute atomic E-state index is 11.9. The molecular weight excluding hydrogens is 283 g/mol. The van der Waals surface area contributed by atoms with Gasteiger partial charge in [-0.2, -0.15) is 13.2 Å². The molecule has 0 saturated carbocycles. The van der Waals surface area contributed by atoms with E-state index in [9.17, 15) is 18.0 Å². The molecule has 0 heterocycles. The van der Waals surface area contributed by atoms with Crippen LogP contribution < -0.4 is 5.32 Å². The Balaban J connectivity index is 2.35. The number of alkyl halides is 3. The molecule has 0 unspecified atom stereocenters. The number of carbonyl (C=O) groups is 1. The summed E-state index contributed by atoms with van der Waals surface area (Å²) in [5.74, 6) is 4.85. The third-order valence-corrected chi connectivity index (χ3v) is 2.63. The predicted molar refractivity (Wildman–Crippen MR) is 72.6 cm³/mol. The van der Waals surface area contributed by atoms with Crippen LogP contribution in [-0.4, -0.2) is 30.3 Å². The number of rotatable bonds is 5. The van der Waals surface area contributed by atoms with E-state index in [2.05, 4.69) is 17.2 Å². The summed E-state index contributed by atoms with van der Waals surface area (Å²) in [5, 5.41) is 11.1. The normalized spacial score (nSPS) is 10.7. The van der Waals surface area contributed by atoms with Crippen molar-refractivity contribution >= 4 is 5.91 Å². The average Bonchev–Trinajstić information content (AvgIpc) is 2.44. The second kappa shape index (κ2) is 8.32. The molecule has 0 spiro atoms. The van der Waals surface area contributed by atoms with E-state index in [1.165, 1.54) is 0 Å². The Morgan fingerprint density at radius 3 is 2.43 bits per heavy atom. The van der Waals surface area contributed by atoms with Crippen molar-refractivity contribution in [3.8, 4) is 11.8 Å². The quantitative estimate of drug-likeness (QED) is 0.648. The number of hydrogen-bond acceptors (Lipinski definition) is 2. The van der Waals surface area contributed by atoms with Crippen molar-refractivity contribution in [1.29, 1.82) is 0 Å². The standard InChI is InChI=1S/C15H16F3NO2/c16-15(17,18)9-1-2-10-19-14(21)13-7-5-12(6-8-13)4-3-11-20/h5-8,20H,1-2,9-11H2,(H,19,21). The van der Waals surface area contributed by atoms with Gasteiger partial charge in [-0.15, -0.1) is 0 Å². The van der Waals surface area contributed by atoms with Gasteiger partial charge in [-0.3, -0.25) is 4.79 Å². The van der Waals surface area contributed by atoms with E-state index in [-0.39, 0.29) is 31.9 Å². The Morgan fingerprint density at radius 1 is 1.19 bits per heavy atom. The predicted octanol–water partition coefficient (Wildman–Crippen LogP) is 2.49. The van der Waals surface area contributed by atoms with Gasteiger partial charge in [0.25, 0.3) is 5.91 Å². The van der Waals surface area contributed by atoms with Gasteiger partial charge in [0.2, 0.25) is 0 Å².